The second-order valence-electron chi connectivity index (χ2n) is 3.62. The fourth-order valence-corrected chi connectivity index (χ4v) is 1.66. The van der Waals surface area contributed by atoms with Crippen molar-refractivity contribution in [1.29, 1.82) is 0 Å². The molecule has 2 heteroatoms. The molecule has 0 aliphatic carbocycles. The van der Waals surface area contributed by atoms with Crippen LogP contribution in [0.2, 0.25) is 0 Å². The van der Waals surface area contributed by atoms with Gasteiger partial charge >= 0.3 is 0 Å². The standard InChI is InChI=1S/C13H12FN/c1-9-7-10(2)15-8-12(9)11-5-3-4-6-13(11)14/h3-8H,1-2H3. The molecular formula is C13H12FN. The average Bonchev–Trinajstić information content (AvgIpc) is 2.20. The Morgan fingerprint density at radius 1 is 1.07 bits per heavy atom. The van der Waals surface area contributed by atoms with Crippen LogP contribution in [0.5, 0.6) is 0 Å². The van der Waals surface area contributed by atoms with Gasteiger partial charge in [-0.2, -0.15) is 0 Å². The number of aromatic nitrogens is 1. The quantitative estimate of drug-likeness (QED) is 0.688. The summed E-state index contributed by atoms with van der Waals surface area (Å²) in [6, 6.07) is 8.72. The minimum absolute atomic E-state index is 0.203. The van der Waals surface area contributed by atoms with Crippen molar-refractivity contribution in [2.24, 2.45) is 0 Å². The first kappa shape index (κ1) is 9.84. The number of halogens is 1. The fourth-order valence-electron chi connectivity index (χ4n) is 1.66. The maximum absolute atomic E-state index is 13.5. The lowest BCUT2D eigenvalue weighted by atomic mass is 10.0. The SMILES string of the molecule is Cc1cc(C)c(-c2ccccc2F)cn1. The molecule has 0 spiro atoms. The Kier molecular flexibility index (Phi) is 2.50. The number of hydrogen-bond acceptors (Lipinski definition) is 1. The fraction of sp³-hybridized carbons (Fsp3) is 0.154. The summed E-state index contributed by atoms with van der Waals surface area (Å²) in [5.74, 6) is -0.203. The molecule has 1 heterocycles. The summed E-state index contributed by atoms with van der Waals surface area (Å²) >= 11 is 0. The molecule has 0 N–H and O–H groups in total. The van der Waals surface area contributed by atoms with E-state index in [0.29, 0.717) is 5.56 Å². The van der Waals surface area contributed by atoms with Gasteiger partial charge in [-0.25, -0.2) is 4.39 Å². The number of nitrogens with zero attached hydrogens (tertiary/aromatic N) is 1. The number of pyridine rings is 1. The molecular weight excluding hydrogens is 189 g/mol. The summed E-state index contributed by atoms with van der Waals surface area (Å²) in [4.78, 5) is 4.19. The van der Waals surface area contributed by atoms with Gasteiger partial charge in [-0.3, -0.25) is 4.98 Å². The van der Waals surface area contributed by atoms with Crippen molar-refractivity contribution in [1.82, 2.24) is 4.98 Å². The largest absolute Gasteiger partial charge is 0.261 e. The highest BCUT2D eigenvalue weighted by atomic mass is 19.1. The molecule has 0 saturated heterocycles. The molecule has 0 bridgehead atoms. The van der Waals surface area contributed by atoms with Gasteiger partial charge in [0.1, 0.15) is 5.82 Å². The van der Waals surface area contributed by atoms with Gasteiger partial charge in [0.15, 0.2) is 0 Å². The van der Waals surface area contributed by atoms with Crippen molar-refractivity contribution in [3.63, 3.8) is 0 Å². The maximum atomic E-state index is 13.5. The third-order valence-electron chi connectivity index (χ3n) is 2.41. The van der Waals surface area contributed by atoms with Crippen LogP contribution in [-0.2, 0) is 0 Å². The first-order chi connectivity index (χ1) is 7.18. The van der Waals surface area contributed by atoms with Gasteiger partial charge < -0.3 is 0 Å². The Labute approximate surface area is 88.6 Å². The second kappa shape index (κ2) is 3.81. The molecule has 0 unspecified atom stereocenters. The van der Waals surface area contributed by atoms with Crippen LogP contribution in [0.4, 0.5) is 4.39 Å². The minimum Gasteiger partial charge on any atom is -0.261 e. The molecule has 15 heavy (non-hydrogen) atoms. The van der Waals surface area contributed by atoms with Crippen molar-refractivity contribution in [3.8, 4) is 11.1 Å². The summed E-state index contributed by atoms with van der Waals surface area (Å²) in [6.07, 6.45) is 1.73. The molecule has 76 valence electrons. The molecule has 0 saturated carbocycles. The molecule has 0 aliphatic rings. The lowest BCUT2D eigenvalue weighted by Crippen LogP contribution is -1.90. The summed E-state index contributed by atoms with van der Waals surface area (Å²) in [6.45, 7) is 3.90. The first-order valence-corrected chi connectivity index (χ1v) is 4.86. The topological polar surface area (TPSA) is 12.9 Å². The normalized spacial score (nSPS) is 10.3. The van der Waals surface area contributed by atoms with Gasteiger partial charge in [0, 0.05) is 23.0 Å². The molecule has 1 aromatic carbocycles. The highest BCUT2D eigenvalue weighted by Gasteiger charge is 2.06. The van der Waals surface area contributed by atoms with Gasteiger partial charge in [0.2, 0.25) is 0 Å². The molecule has 0 fully saturated rings. The van der Waals surface area contributed by atoms with Gasteiger partial charge in [-0.15, -0.1) is 0 Å². The van der Waals surface area contributed by atoms with Gasteiger partial charge in [-0.05, 0) is 31.5 Å². The Morgan fingerprint density at radius 3 is 2.47 bits per heavy atom. The van der Waals surface area contributed by atoms with E-state index in [1.807, 2.05) is 26.0 Å². The Morgan fingerprint density at radius 2 is 1.80 bits per heavy atom. The van der Waals surface area contributed by atoms with E-state index in [2.05, 4.69) is 4.98 Å². The van der Waals surface area contributed by atoms with E-state index < -0.39 is 0 Å². The van der Waals surface area contributed by atoms with Crippen LogP contribution < -0.4 is 0 Å². The van der Waals surface area contributed by atoms with Crippen molar-refractivity contribution in [2.45, 2.75) is 13.8 Å². The van der Waals surface area contributed by atoms with E-state index in [-0.39, 0.29) is 5.82 Å². The van der Waals surface area contributed by atoms with Crippen LogP contribution in [0, 0.1) is 19.7 Å². The number of benzene rings is 1. The van der Waals surface area contributed by atoms with E-state index in [1.165, 1.54) is 6.07 Å². The molecule has 2 rings (SSSR count). The third kappa shape index (κ3) is 1.89. The molecule has 0 atom stereocenters. The predicted molar refractivity (Wildman–Crippen MR) is 59.1 cm³/mol. The van der Waals surface area contributed by atoms with Crippen LogP contribution in [0.3, 0.4) is 0 Å². The van der Waals surface area contributed by atoms with Crippen LogP contribution >= 0.6 is 0 Å². The first-order valence-electron chi connectivity index (χ1n) is 4.86. The van der Waals surface area contributed by atoms with E-state index in [1.54, 1.807) is 18.3 Å². The monoisotopic (exact) mass is 201 g/mol. The van der Waals surface area contributed by atoms with Gasteiger partial charge in [0.25, 0.3) is 0 Å². The Hall–Kier alpha value is -1.70. The van der Waals surface area contributed by atoms with Crippen LogP contribution in [0.25, 0.3) is 11.1 Å². The Balaban J connectivity index is 2.60. The van der Waals surface area contributed by atoms with Crippen LogP contribution in [0.1, 0.15) is 11.3 Å². The lowest BCUT2D eigenvalue weighted by molar-refractivity contribution is 0.631. The van der Waals surface area contributed by atoms with Gasteiger partial charge in [-0.1, -0.05) is 18.2 Å². The zero-order valence-electron chi connectivity index (χ0n) is 8.79. The predicted octanol–water partition coefficient (Wildman–Crippen LogP) is 3.50. The lowest BCUT2D eigenvalue weighted by Gasteiger charge is -2.07. The molecule has 0 radical (unpaired) electrons. The average molecular weight is 201 g/mol. The smallest absolute Gasteiger partial charge is 0.131 e. The van der Waals surface area contributed by atoms with Crippen molar-refractivity contribution >= 4 is 0 Å². The molecule has 1 nitrogen and oxygen atoms in total. The zero-order chi connectivity index (χ0) is 10.8. The second-order valence-corrected chi connectivity index (χ2v) is 3.62. The van der Waals surface area contributed by atoms with Crippen molar-refractivity contribution in [3.05, 3.63) is 53.6 Å². The Bertz CT molecular complexity index is 492. The van der Waals surface area contributed by atoms with Gasteiger partial charge in [0.05, 0.1) is 0 Å². The zero-order valence-corrected chi connectivity index (χ0v) is 8.79. The summed E-state index contributed by atoms with van der Waals surface area (Å²) in [7, 11) is 0. The highest BCUT2D eigenvalue weighted by Crippen LogP contribution is 2.25. The van der Waals surface area contributed by atoms with E-state index in [4.69, 9.17) is 0 Å². The van der Waals surface area contributed by atoms with Crippen LogP contribution in [-0.4, -0.2) is 4.98 Å². The van der Waals surface area contributed by atoms with Crippen molar-refractivity contribution in [2.75, 3.05) is 0 Å². The van der Waals surface area contributed by atoms with E-state index in [0.717, 1.165) is 16.8 Å². The van der Waals surface area contributed by atoms with Crippen molar-refractivity contribution < 1.29 is 4.39 Å². The number of hydrogen-bond donors (Lipinski definition) is 0. The third-order valence-corrected chi connectivity index (χ3v) is 2.41. The molecule has 0 aliphatic heterocycles. The summed E-state index contributed by atoms with van der Waals surface area (Å²) in [5.41, 5.74) is 3.47. The maximum Gasteiger partial charge on any atom is 0.131 e. The molecule has 0 amide bonds. The highest BCUT2D eigenvalue weighted by molar-refractivity contribution is 5.66. The van der Waals surface area contributed by atoms with Crippen LogP contribution in [0.15, 0.2) is 36.5 Å². The minimum atomic E-state index is -0.203. The summed E-state index contributed by atoms with van der Waals surface area (Å²) in [5, 5.41) is 0. The molecule has 2 aromatic rings. The number of aryl methyl sites for hydroxylation is 2. The number of rotatable bonds is 1. The van der Waals surface area contributed by atoms with E-state index in [9.17, 15) is 4.39 Å². The summed E-state index contributed by atoms with van der Waals surface area (Å²) < 4.78 is 13.5. The van der Waals surface area contributed by atoms with E-state index >= 15 is 0 Å². The molecule has 1 aromatic heterocycles.